The number of nitrogens with zero attached hydrogens (tertiary/aromatic N) is 1. The first kappa shape index (κ1) is 24.0. The zero-order valence-corrected chi connectivity index (χ0v) is 17.8. The number of hydrogen-bond acceptors (Lipinski definition) is 6. The first-order valence-corrected chi connectivity index (χ1v) is 9.35. The minimum absolute atomic E-state index is 0.00355. The van der Waals surface area contributed by atoms with Crippen LogP contribution in [-0.2, 0) is 4.79 Å². The first-order valence-electron chi connectivity index (χ1n) is 8.54. The number of rotatable bonds is 7. The van der Waals surface area contributed by atoms with Crippen LogP contribution in [-0.4, -0.2) is 32.5 Å². The van der Waals surface area contributed by atoms with Crippen LogP contribution in [0.5, 0.6) is 11.5 Å². The highest BCUT2D eigenvalue weighted by atomic mass is 32.1. The summed E-state index contributed by atoms with van der Waals surface area (Å²) >= 11 is 1.58. The van der Waals surface area contributed by atoms with Crippen molar-refractivity contribution in [2.45, 2.75) is 13.8 Å². The van der Waals surface area contributed by atoms with Gasteiger partial charge in [-0.2, -0.15) is 0 Å². The van der Waals surface area contributed by atoms with Crippen LogP contribution in [0.25, 0.3) is 10.4 Å². The van der Waals surface area contributed by atoms with Crippen LogP contribution < -0.4 is 14.8 Å². The molecule has 2 rings (SSSR count). The number of carbonyl (C=O) groups excluding carboxylic acids is 1. The topological polar surface area (TPSA) is 60.5 Å². The van der Waals surface area contributed by atoms with E-state index in [1.807, 2.05) is 31.4 Å². The highest BCUT2D eigenvalue weighted by molar-refractivity contribution is 7.18. The van der Waals surface area contributed by atoms with Crippen molar-refractivity contribution in [3.05, 3.63) is 59.9 Å². The molecular formula is C21H24F2N2O3S. The van der Waals surface area contributed by atoms with E-state index in [0.29, 0.717) is 6.29 Å². The molecule has 1 aromatic carbocycles. The van der Waals surface area contributed by atoms with Crippen molar-refractivity contribution in [1.82, 2.24) is 4.98 Å². The Morgan fingerprint density at radius 2 is 1.93 bits per heavy atom. The Morgan fingerprint density at radius 3 is 2.45 bits per heavy atom. The van der Waals surface area contributed by atoms with Crippen molar-refractivity contribution in [1.29, 1.82) is 0 Å². The molecule has 0 aliphatic carbocycles. The average molecular weight is 422 g/mol. The van der Waals surface area contributed by atoms with Crippen molar-refractivity contribution in [2.24, 2.45) is 0 Å². The Morgan fingerprint density at radius 1 is 1.21 bits per heavy atom. The number of hydrogen-bond donors (Lipinski definition) is 1. The van der Waals surface area contributed by atoms with Gasteiger partial charge in [0.1, 0.15) is 23.6 Å². The largest absolute Gasteiger partial charge is 0.497 e. The van der Waals surface area contributed by atoms with Crippen LogP contribution in [0.3, 0.4) is 0 Å². The van der Waals surface area contributed by atoms with Crippen LogP contribution in [0.4, 0.5) is 13.9 Å². The standard InChI is InChI=1S/C12H14N2O2S.C9H10F2O/c1-13-12-14-7-11(17-12)9-6-8(15-2)4-5-10(9)16-3;1-7(6-12)9(11)5-3-4-8(2)10/h4-7H,1-3H3,(H,13,14);3-6H,1-2H3/b;5-3-,8-4+,9-7-. The smallest absolute Gasteiger partial charge is 0.182 e. The third-order valence-electron chi connectivity index (χ3n) is 3.51. The van der Waals surface area contributed by atoms with Gasteiger partial charge in [-0.05, 0) is 44.2 Å². The van der Waals surface area contributed by atoms with Crippen LogP contribution in [0.1, 0.15) is 13.8 Å². The van der Waals surface area contributed by atoms with Gasteiger partial charge in [0.25, 0.3) is 0 Å². The summed E-state index contributed by atoms with van der Waals surface area (Å²) in [6.45, 7) is 2.59. The summed E-state index contributed by atoms with van der Waals surface area (Å²) < 4.78 is 35.3. The van der Waals surface area contributed by atoms with Gasteiger partial charge in [-0.3, -0.25) is 4.79 Å². The molecule has 0 amide bonds. The van der Waals surface area contributed by atoms with Gasteiger partial charge < -0.3 is 14.8 Å². The fourth-order valence-corrected chi connectivity index (χ4v) is 2.76. The predicted octanol–water partition coefficient (Wildman–Crippen LogP) is 5.73. The molecule has 29 heavy (non-hydrogen) atoms. The summed E-state index contributed by atoms with van der Waals surface area (Å²) in [5.74, 6) is 0.558. The maximum Gasteiger partial charge on any atom is 0.182 e. The maximum atomic E-state index is 12.7. The second-order valence-corrected chi connectivity index (χ2v) is 6.64. The maximum absolute atomic E-state index is 12.7. The highest BCUT2D eigenvalue weighted by Gasteiger charge is 2.10. The van der Waals surface area contributed by atoms with E-state index >= 15 is 0 Å². The number of ether oxygens (including phenoxy) is 2. The lowest BCUT2D eigenvalue weighted by atomic mass is 10.1. The quantitative estimate of drug-likeness (QED) is 0.351. The molecule has 0 spiro atoms. The van der Waals surface area contributed by atoms with Crippen molar-refractivity contribution in [3.8, 4) is 21.9 Å². The van der Waals surface area contributed by atoms with Gasteiger partial charge in [0.05, 0.1) is 24.9 Å². The summed E-state index contributed by atoms with van der Waals surface area (Å²) in [4.78, 5) is 15.3. The molecule has 2 aromatic rings. The van der Waals surface area contributed by atoms with Gasteiger partial charge in [0.15, 0.2) is 5.13 Å². The molecule has 1 aromatic heterocycles. The fraction of sp³-hybridized carbons (Fsp3) is 0.238. The molecule has 156 valence electrons. The molecule has 0 radical (unpaired) electrons. The predicted molar refractivity (Wildman–Crippen MR) is 114 cm³/mol. The van der Waals surface area contributed by atoms with Crippen LogP contribution in [0.2, 0.25) is 0 Å². The van der Waals surface area contributed by atoms with Gasteiger partial charge in [0.2, 0.25) is 0 Å². The Balaban J connectivity index is 0.000000311. The second-order valence-electron chi connectivity index (χ2n) is 5.61. The van der Waals surface area contributed by atoms with Gasteiger partial charge >= 0.3 is 0 Å². The summed E-state index contributed by atoms with van der Waals surface area (Å²) in [5, 5.41) is 3.90. The minimum atomic E-state index is -0.650. The molecule has 1 heterocycles. The molecule has 0 aliphatic rings. The summed E-state index contributed by atoms with van der Waals surface area (Å²) in [6.07, 6.45) is 5.58. The number of carbonyl (C=O) groups is 1. The Hall–Kier alpha value is -3.00. The number of methoxy groups -OCH3 is 2. The number of anilines is 1. The number of thiazole rings is 1. The van der Waals surface area contributed by atoms with E-state index < -0.39 is 11.7 Å². The highest BCUT2D eigenvalue weighted by Crippen LogP contribution is 2.37. The van der Waals surface area contributed by atoms with Crippen LogP contribution in [0.15, 0.2) is 59.9 Å². The molecule has 0 bridgehead atoms. The fourth-order valence-electron chi connectivity index (χ4n) is 1.97. The van der Waals surface area contributed by atoms with Gasteiger partial charge in [-0.1, -0.05) is 17.4 Å². The number of nitrogens with one attached hydrogen (secondary N) is 1. The molecule has 5 nitrogen and oxygen atoms in total. The van der Waals surface area contributed by atoms with E-state index in [1.54, 1.807) is 25.6 Å². The molecule has 1 N–H and O–H groups in total. The van der Waals surface area contributed by atoms with Crippen molar-refractivity contribution in [3.63, 3.8) is 0 Å². The van der Waals surface area contributed by atoms with E-state index in [-0.39, 0.29) is 5.57 Å². The lowest BCUT2D eigenvalue weighted by Gasteiger charge is -2.08. The van der Waals surface area contributed by atoms with Crippen molar-refractivity contribution in [2.75, 3.05) is 26.6 Å². The molecule has 0 atom stereocenters. The van der Waals surface area contributed by atoms with Crippen LogP contribution >= 0.6 is 11.3 Å². The summed E-state index contributed by atoms with van der Waals surface area (Å²) in [5.41, 5.74) is 0.988. The van der Waals surface area contributed by atoms with Gasteiger partial charge in [0, 0.05) is 24.4 Å². The van der Waals surface area contributed by atoms with E-state index in [4.69, 9.17) is 9.47 Å². The van der Waals surface area contributed by atoms with Gasteiger partial charge in [-0.15, -0.1) is 0 Å². The molecule has 0 aliphatic heterocycles. The van der Waals surface area contributed by atoms with Crippen molar-refractivity contribution >= 4 is 22.8 Å². The first-order chi connectivity index (χ1) is 13.9. The monoisotopic (exact) mass is 422 g/mol. The molecule has 0 saturated heterocycles. The van der Waals surface area contributed by atoms with Gasteiger partial charge in [-0.25, -0.2) is 13.8 Å². The number of halogens is 2. The summed E-state index contributed by atoms with van der Waals surface area (Å²) in [7, 11) is 5.16. The SMILES string of the molecule is CNc1ncc(-c2cc(OC)ccc2OC)s1.C\C(C=O)=C(F)/C=C\C=C(/C)F. The Kier molecular flexibility index (Phi) is 10.3. The number of aldehydes is 1. The lowest BCUT2D eigenvalue weighted by Crippen LogP contribution is -1.88. The zero-order chi connectivity index (χ0) is 21.8. The molecule has 0 unspecified atom stereocenters. The third-order valence-corrected chi connectivity index (χ3v) is 4.56. The van der Waals surface area contributed by atoms with Crippen molar-refractivity contribution < 1.29 is 23.0 Å². The van der Waals surface area contributed by atoms with E-state index in [0.717, 1.165) is 39.2 Å². The average Bonchev–Trinajstić information content (AvgIpc) is 3.21. The van der Waals surface area contributed by atoms with E-state index in [9.17, 15) is 13.6 Å². The molecule has 0 fully saturated rings. The number of aromatic nitrogens is 1. The lowest BCUT2D eigenvalue weighted by molar-refractivity contribution is -0.104. The molecule has 8 heteroatoms. The zero-order valence-electron chi connectivity index (χ0n) is 17.0. The summed E-state index contributed by atoms with van der Waals surface area (Å²) in [6, 6.07) is 5.72. The van der Waals surface area contributed by atoms with E-state index in [2.05, 4.69) is 10.3 Å². The third kappa shape index (κ3) is 7.87. The Labute approximate surface area is 173 Å². The molecular weight excluding hydrogens is 398 g/mol. The van der Waals surface area contributed by atoms with E-state index in [1.165, 1.54) is 19.9 Å². The number of benzene rings is 1. The molecule has 0 saturated carbocycles. The normalized spacial score (nSPS) is 12.0. The number of allylic oxidation sites excluding steroid dienone is 6. The Bertz CT molecular complexity index is 901. The van der Waals surface area contributed by atoms with Crippen LogP contribution in [0, 0.1) is 0 Å². The minimum Gasteiger partial charge on any atom is -0.497 e. The second kappa shape index (κ2) is 12.5.